The van der Waals surface area contributed by atoms with E-state index in [1.54, 1.807) is 12.1 Å². The number of hydrogen-bond acceptors (Lipinski definition) is 9. The van der Waals surface area contributed by atoms with E-state index in [1.165, 1.54) is 17.4 Å². The molecule has 0 atom stereocenters. The number of anilines is 3. The van der Waals surface area contributed by atoms with E-state index in [4.69, 9.17) is 22.1 Å². The number of nitriles is 2. The van der Waals surface area contributed by atoms with Crippen LogP contribution in [0.25, 0.3) is 0 Å². The number of hydrogen-bond donors (Lipinski definition) is 1. The maximum absolute atomic E-state index is 11.7. The van der Waals surface area contributed by atoms with Gasteiger partial charge in [0, 0.05) is 19.3 Å². The maximum atomic E-state index is 11.7. The molecule has 0 amide bonds. The third-order valence-electron chi connectivity index (χ3n) is 3.28. The Bertz CT molecular complexity index is 859. The largest absolute Gasteiger partial charge is 0.353 e. The number of halogens is 1. The predicted octanol–water partition coefficient (Wildman–Crippen LogP) is 2.81. The van der Waals surface area contributed by atoms with Crippen molar-refractivity contribution in [3.05, 3.63) is 39.9 Å². The van der Waals surface area contributed by atoms with Crippen LogP contribution in [0.2, 0.25) is 5.15 Å². The van der Waals surface area contributed by atoms with Crippen molar-refractivity contribution >= 4 is 34.6 Å². The van der Waals surface area contributed by atoms with E-state index in [9.17, 15) is 10.1 Å². The fourth-order valence-corrected chi connectivity index (χ4v) is 2.33. The van der Waals surface area contributed by atoms with Gasteiger partial charge < -0.3 is 10.2 Å². The first-order valence-corrected chi connectivity index (χ1v) is 7.82. The van der Waals surface area contributed by atoms with Crippen molar-refractivity contribution in [1.82, 2.24) is 15.0 Å². The highest BCUT2D eigenvalue weighted by molar-refractivity contribution is 6.32. The summed E-state index contributed by atoms with van der Waals surface area (Å²) in [5.74, 6) is -0.0353. The van der Waals surface area contributed by atoms with Gasteiger partial charge in [0.1, 0.15) is 6.33 Å². The van der Waals surface area contributed by atoms with Gasteiger partial charge in [0.2, 0.25) is 11.6 Å². The smallest absolute Gasteiger partial charge is 0.349 e. The standard InChI is InChI=1S/C15H13ClN8O2/c16-13-11(4-1-7-19-13)22-14-12(24(25)26)15(21-10-20-14)23(8-2-5-17)9-3-6-18/h1,4,7,10H,2-3,8-9H2,(H,20,21,22). The number of aromatic nitrogens is 3. The fourth-order valence-electron chi connectivity index (χ4n) is 2.16. The van der Waals surface area contributed by atoms with E-state index in [1.807, 2.05) is 12.1 Å². The normalized spacial score (nSPS) is 9.81. The van der Waals surface area contributed by atoms with E-state index in [0.29, 0.717) is 5.69 Å². The third-order valence-corrected chi connectivity index (χ3v) is 3.59. The first-order valence-electron chi connectivity index (χ1n) is 7.44. The summed E-state index contributed by atoms with van der Waals surface area (Å²) < 4.78 is 0. The van der Waals surface area contributed by atoms with Crippen molar-refractivity contribution in [3.8, 4) is 12.1 Å². The van der Waals surface area contributed by atoms with Gasteiger partial charge in [0.25, 0.3) is 0 Å². The van der Waals surface area contributed by atoms with E-state index in [2.05, 4.69) is 20.3 Å². The van der Waals surface area contributed by atoms with E-state index < -0.39 is 4.92 Å². The molecule has 11 heteroatoms. The first-order chi connectivity index (χ1) is 12.6. The third kappa shape index (κ3) is 4.53. The van der Waals surface area contributed by atoms with Gasteiger partial charge in [0.15, 0.2) is 5.15 Å². The molecule has 0 unspecified atom stereocenters. The zero-order chi connectivity index (χ0) is 18.9. The summed E-state index contributed by atoms with van der Waals surface area (Å²) in [7, 11) is 0. The topological polar surface area (TPSA) is 145 Å². The Hall–Kier alpha value is -3.50. The molecule has 0 saturated heterocycles. The molecule has 0 fully saturated rings. The van der Waals surface area contributed by atoms with Crippen molar-refractivity contribution in [2.45, 2.75) is 12.8 Å². The van der Waals surface area contributed by atoms with Crippen LogP contribution in [0.5, 0.6) is 0 Å². The van der Waals surface area contributed by atoms with Crippen LogP contribution >= 0.6 is 11.6 Å². The van der Waals surface area contributed by atoms with Crippen LogP contribution in [0.4, 0.5) is 23.0 Å². The predicted molar refractivity (Wildman–Crippen MR) is 93.9 cm³/mol. The lowest BCUT2D eigenvalue weighted by molar-refractivity contribution is -0.383. The fraction of sp³-hybridized carbons (Fsp3) is 0.267. The zero-order valence-electron chi connectivity index (χ0n) is 13.5. The van der Waals surface area contributed by atoms with Gasteiger partial charge in [-0.05, 0) is 12.1 Å². The second-order valence-electron chi connectivity index (χ2n) is 4.92. The van der Waals surface area contributed by atoms with Crippen LogP contribution in [0.15, 0.2) is 24.7 Å². The van der Waals surface area contributed by atoms with Gasteiger partial charge in [-0.15, -0.1) is 0 Å². The highest BCUT2D eigenvalue weighted by atomic mass is 35.5. The highest BCUT2D eigenvalue weighted by Crippen LogP contribution is 2.34. The van der Waals surface area contributed by atoms with Crippen LogP contribution in [-0.4, -0.2) is 33.0 Å². The Kier molecular flexibility index (Phi) is 6.60. The lowest BCUT2D eigenvalue weighted by Gasteiger charge is -2.21. The van der Waals surface area contributed by atoms with Gasteiger partial charge in [-0.25, -0.2) is 15.0 Å². The number of nitro groups is 1. The molecule has 1 N–H and O–H groups in total. The van der Waals surface area contributed by atoms with Crippen LogP contribution in [0.3, 0.4) is 0 Å². The number of pyridine rings is 1. The molecule has 2 rings (SSSR count). The molecule has 0 aliphatic rings. The first kappa shape index (κ1) is 18.8. The summed E-state index contributed by atoms with van der Waals surface area (Å²) in [5, 5.41) is 32.2. The van der Waals surface area contributed by atoms with Crippen molar-refractivity contribution in [2.24, 2.45) is 0 Å². The Labute approximate surface area is 153 Å². The summed E-state index contributed by atoms with van der Waals surface area (Å²) in [6, 6.07) is 7.17. The molecule has 2 heterocycles. The SMILES string of the molecule is N#CCCN(CCC#N)c1ncnc(Nc2cccnc2Cl)c1[N+](=O)[O-]. The highest BCUT2D eigenvalue weighted by Gasteiger charge is 2.27. The van der Waals surface area contributed by atoms with E-state index in [0.717, 1.165) is 0 Å². The molecule has 0 aliphatic heterocycles. The van der Waals surface area contributed by atoms with Gasteiger partial charge in [-0.2, -0.15) is 10.5 Å². The second kappa shape index (κ2) is 9.11. The molecule has 10 nitrogen and oxygen atoms in total. The average Bonchev–Trinajstić information content (AvgIpc) is 2.63. The monoisotopic (exact) mass is 372 g/mol. The molecule has 132 valence electrons. The van der Waals surface area contributed by atoms with Crippen LogP contribution < -0.4 is 10.2 Å². The molecule has 26 heavy (non-hydrogen) atoms. The number of nitrogens with one attached hydrogen (secondary N) is 1. The number of nitrogens with zero attached hydrogens (tertiary/aromatic N) is 7. The summed E-state index contributed by atoms with van der Waals surface area (Å²) in [5.41, 5.74) is -0.0224. The molecule has 0 spiro atoms. The Morgan fingerprint density at radius 2 is 1.92 bits per heavy atom. The van der Waals surface area contributed by atoms with Gasteiger partial charge in [-0.1, -0.05) is 11.6 Å². The minimum absolute atomic E-state index is 0.0259. The summed E-state index contributed by atoms with van der Waals surface area (Å²) in [6.45, 7) is 0.395. The van der Waals surface area contributed by atoms with Crippen molar-refractivity contribution in [3.63, 3.8) is 0 Å². The van der Waals surface area contributed by atoms with Crippen LogP contribution in [0, 0.1) is 32.8 Å². The van der Waals surface area contributed by atoms with Gasteiger partial charge >= 0.3 is 5.69 Å². The second-order valence-corrected chi connectivity index (χ2v) is 5.28. The molecule has 0 aliphatic carbocycles. The molecule has 0 bridgehead atoms. The van der Waals surface area contributed by atoms with Gasteiger partial charge in [0.05, 0.1) is 35.6 Å². The summed E-state index contributed by atoms with van der Waals surface area (Å²) in [6.07, 6.45) is 2.91. The minimum Gasteiger partial charge on any atom is -0.349 e. The molecule has 0 saturated carbocycles. The van der Waals surface area contributed by atoms with E-state index >= 15 is 0 Å². The Morgan fingerprint density at radius 3 is 2.50 bits per heavy atom. The Morgan fingerprint density at radius 1 is 1.23 bits per heavy atom. The summed E-state index contributed by atoms with van der Waals surface area (Å²) >= 11 is 5.98. The molecular formula is C15H13ClN8O2. The quantitative estimate of drug-likeness (QED) is 0.419. The van der Waals surface area contributed by atoms with Crippen molar-refractivity contribution < 1.29 is 4.92 Å². The minimum atomic E-state index is -0.617. The lowest BCUT2D eigenvalue weighted by Crippen LogP contribution is -2.27. The number of rotatable bonds is 8. The maximum Gasteiger partial charge on any atom is 0.353 e. The summed E-state index contributed by atoms with van der Waals surface area (Å²) in [4.78, 5) is 24.4. The van der Waals surface area contributed by atoms with Crippen LogP contribution in [0.1, 0.15) is 12.8 Å². The van der Waals surface area contributed by atoms with E-state index in [-0.39, 0.29) is 48.4 Å². The van der Waals surface area contributed by atoms with Crippen molar-refractivity contribution in [2.75, 3.05) is 23.3 Å². The lowest BCUT2D eigenvalue weighted by atomic mass is 10.3. The van der Waals surface area contributed by atoms with Gasteiger partial charge in [-0.3, -0.25) is 10.1 Å². The molecule has 2 aromatic rings. The van der Waals surface area contributed by atoms with Crippen molar-refractivity contribution in [1.29, 1.82) is 10.5 Å². The van der Waals surface area contributed by atoms with Crippen LogP contribution in [-0.2, 0) is 0 Å². The molecular weight excluding hydrogens is 360 g/mol. The zero-order valence-corrected chi connectivity index (χ0v) is 14.2. The molecule has 0 radical (unpaired) electrons. The molecule has 0 aromatic carbocycles. The Balaban J connectivity index is 2.46. The average molecular weight is 373 g/mol. The molecule has 2 aromatic heterocycles.